The van der Waals surface area contributed by atoms with Crippen LogP contribution < -0.4 is 5.32 Å². The molecule has 4 heteroatoms. The van der Waals surface area contributed by atoms with Crippen molar-refractivity contribution in [2.24, 2.45) is 0 Å². The Morgan fingerprint density at radius 1 is 1.47 bits per heavy atom. The zero-order chi connectivity index (χ0) is 11.3. The second-order valence-electron chi connectivity index (χ2n) is 3.18. The first-order valence-corrected chi connectivity index (χ1v) is 4.77. The fraction of sp³-hybridized carbons (Fsp3) is 0.364. The maximum Gasteiger partial charge on any atom is 0.131 e. The molecular formula is C11H12F2N2. The van der Waals surface area contributed by atoms with Crippen LogP contribution in [0.25, 0.3) is 0 Å². The van der Waals surface area contributed by atoms with E-state index in [9.17, 15) is 8.78 Å². The Morgan fingerprint density at radius 3 is 2.73 bits per heavy atom. The van der Waals surface area contributed by atoms with Crippen molar-refractivity contribution in [1.82, 2.24) is 5.32 Å². The maximum absolute atomic E-state index is 13.3. The molecule has 0 saturated carbocycles. The lowest BCUT2D eigenvalue weighted by Gasteiger charge is -2.11. The maximum atomic E-state index is 13.3. The number of nitrogens with one attached hydrogen (secondary N) is 1. The molecule has 80 valence electrons. The number of hydrogen-bond donors (Lipinski definition) is 1. The van der Waals surface area contributed by atoms with E-state index in [0.29, 0.717) is 6.54 Å². The van der Waals surface area contributed by atoms with Gasteiger partial charge in [0.2, 0.25) is 0 Å². The van der Waals surface area contributed by atoms with E-state index in [1.54, 1.807) is 0 Å². The van der Waals surface area contributed by atoms with E-state index in [2.05, 4.69) is 5.32 Å². The van der Waals surface area contributed by atoms with Gasteiger partial charge in [-0.1, -0.05) is 13.0 Å². The summed E-state index contributed by atoms with van der Waals surface area (Å²) < 4.78 is 25.9. The lowest BCUT2D eigenvalue weighted by Crippen LogP contribution is -2.21. The highest BCUT2D eigenvalue weighted by molar-refractivity contribution is 5.26. The van der Waals surface area contributed by atoms with Crippen molar-refractivity contribution in [1.29, 1.82) is 5.26 Å². The van der Waals surface area contributed by atoms with Crippen molar-refractivity contribution in [2.75, 3.05) is 6.54 Å². The number of benzene rings is 1. The van der Waals surface area contributed by atoms with Crippen molar-refractivity contribution in [3.63, 3.8) is 0 Å². The number of hydrogen-bond acceptors (Lipinski definition) is 2. The molecule has 1 atom stereocenters. The first-order chi connectivity index (χ1) is 7.19. The van der Waals surface area contributed by atoms with Gasteiger partial charge in [-0.05, 0) is 19.0 Å². The molecule has 15 heavy (non-hydrogen) atoms. The summed E-state index contributed by atoms with van der Waals surface area (Å²) in [5.74, 6) is -1.33. The minimum Gasteiger partial charge on any atom is -0.298 e. The summed E-state index contributed by atoms with van der Waals surface area (Å²) >= 11 is 0. The molecule has 0 heterocycles. The van der Waals surface area contributed by atoms with Gasteiger partial charge in [-0.15, -0.1) is 0 Å². The lowest BCUT2D eigenvalue weighted by atomic mass is 10.1. The number of halogens is 2. The second kappa shape index (κ2) is 5.42. The molecule has 0 fully saturated rings. The summed E-state index contributed by atoms with van der Waals surface area (Å²) in [5, 5.41) is 11.7. The van der Waals surface area contributed by atoms with E-state index >= 15 is 0 Å². The summed E-state index contributed by atoms with van der Waals surface area (Å²) in [6.07, 6.45) is 0.848. The third-order valence-electron chi connectivity index (χ3n) is 2.00. The monoisotopic (exact) mass is 210 g/mol. The smallest absolute Gasteiger partial charge is 0.131 e. The Labute approximate surface area is 87.5 Å². The van der Waals surface area contributed by atoms with Crippen LogP contribution in [-0.4, -0.2) is 6.54 Å². The normalized spacial score (nSPS) is 12.1. The zero-order valence-corrected chi connectivity index (χ0v) is 8.43. The third kappa shape index (κ3) is 3.00. The molecule has 1 unspecified atom stereocenters. The zero-order valence-electron chi connectivity index (χ0n) is 8.43. The molecule has 0 aliphatic heterocycles. The van der Waals surface area contributed by atoms with Gasteiger partial charge in [-0.25, -0.2) is 8.78 Å². The van der Waals surface area contributed by atoms with E-state index in [1.165, 1.54) is 6.07 Å². The number of nitrogens with zero attached hydrogens (tertiary/aromatic N) is 1. The van der Waals surface area contributed by atoms with E-state index in [0.717, 1.165) is 18.6 Å². The van der Waals surface area contributed by atoms with Gasteiger partial charge in [-0.2, -0.15) is 5.26 Å². The Morgan fingerprint density at radius 2 is 2.20 bits per heavy atom. The second-order valence-corrected chi connectivity index (χ2v) is 3.18. The molecule has 1 rings (SSSR count). The van der Waals surface area contributed by atoms with Crippen LogP contribution in [0, 0.1) is 23.0 Å². The molecule has 0 spiro atoms. The van der Waals surface area contributed by atoms with Crippen LogP contribution in [0.4, 0.5) is 8.78 Å². The predicted molar refractivity (Wildman–Crippen MR) is 53.0 cm³/mol. The molecule has 0 amide bonds. The van der Waals surface area contributed by atoms with Crippen LogP contribution in [0.1, 0.15) is 24.9 Å². The average molecular weight is 210 g/mol. The van der Waals surface area contributed by atoms with Gasteiger partial charge in [0.15, 0.2) is 0 Å². The Bertz CT molecular complexity index is 371. The van der Waals surface area contributed by atoms with Crippen LogP contribution in [0.2, 0.25) is 0 Å². The summed E-state index contributed by atoms with van der Waals surface area (Å²) in [6, 6.07) is 4.45. The molecule has 0 radical (unpaired) electrons. The van der Waals surface area contributed by atoms with Gasteiger partial charge in [0.25, 0.3) is 0 Å². The third-order valence-corrected chi connectivity index (χ3v) is 2.00. The van der Waals surface area contributed by atoms with Gasteiger partial charge >= 0.3 is 0 Å². The highest BCUT2D eigenvalue weighted by Crippen LogP contribution is 2.17. The summed E-state index contributed by atoms with van der Waals surface area (Å²) in [7, 11) is 0. The quantitative estimate of drug-likeness (QED) is 0.828. The van der Waals surface area contributed by atoms with E-state index in [1.807, 2.05) is 13.0 Å². The fourth-order valence-electron chi connectivity index (χ4n) is 1.25. The van der Waals surface area contributed by atoms with Crippen LogP contribution in [0.3, 0.4) is 0 Å². The minimum absolute atomic E-state index is 0.187. The topological polar surface area (TPSA) is 35.8 Å². The molecule has 2 nitrogen and oxygen atoms in total. The molecule has 0 saturated heterocycles. The number of rotatable bonds is 4. The molecule has 0 aromatic heterocycles. The molecule has 1 aromatic rings. The van der Waals surface area contributed by atoms with Gasteiger partial charge in [0.1, 0.15) is 17.7 Å². The first kappa shape index (κ1) is 11.6. The van der Waals surface area contributed by atoms with Crippen molar-refractivity contribution in [3.8, 4) is 6.07 Å². The first-order valence-electron chi connectivity index (χ1n) is 4.77. The summed E-state index contributed by atoms with van der Waals surface area (Å²) in [4.78, 5) is 0. The van der Waals surface area contributed by atoms with Crippen LogP contribution in [0.15, 0.2) is 18.2 Å². The van der Waals surface area contributed by atoms with E-state index in [-0.39, 0.29) is 5.56 Å². The molecule has 0 aliphatic rings. The molecule has 1 aromatic carbocycles. The van der Waals surface area contributed by atoms with Gasteiger partial charge in [0, 0.05) is 11.6 Å². The van der Waals surface area contributed by atoms with E-state index in [4.69, 9.17) is 5.26 Å². The van der Waals surface area contributed by atoms with Gasteiger partial charge in [0.05, 0.1) is 6.07 Å². The highest BCUT2D eigenvalue weighted by Gasteiger charge is 2.14. The average Bonchev–Trinajstić information content (AvgIpc) is 2.21. The van der Waals surface area contributed by atoms with E-state index < -0.39 is 17.7 Å². The molecule has 0 bridgehead atoms. The van der Waals surface area contributed by atoms with Crippen molar-refractivity contribution in [3.05, 3.63) is 35.4 Å². The largest absolute Gasteiger partial charge is 0.298 e. The lowest BCUT2D eigenvalue weighted by molar-refractivity contribution is 0.542. The highest BCUT2D eigenvalue weighted by atomic mass is 19.1. The summed E-state index contributed by atoms with van der Waals surface area (Å²) in [5.41, 5.74) is 0.187. The van der Waals surface area contributed by atoms with Crippen LogP contribution >= 0.6 is 0 Å². The predicted octanol–water partition coefficient (Wildman–Crippen LogP) is 2.53. The van der Waals surface area contributed by atoms with Crippen molar-refractivity contribution in [2.45, 2.75) is 19.4 Å². The van der Waals surface area contributed by atoms with Crippen molar-refractivity contribution < 1.29 is 8.78 Å². The van der Waals surface area contributed by atoms with Crippen LogP contribution in [-0.2, 0) is 0 Å². The van der Waals surface area contributed by atoms with Crippen molar-refractivity contribution >= 4 is 0 Å². The molecule has 0 aliphatic carbocycles. The number of nitriles is 1. The Hall–Kier alpha value is -1.47. The summed E-state index contributed by atoms with van der Waals surface area (Å²) in [6.45, 7) is 2.57. The molecular weight excluding hydrogens is 198 g/mol. The molecule has 1 N–H and O–H groups in total. The standard InChI is InChI=1S/C11H12F2N2/c1-2-5-15-11(7-14)9-4-3-8(12)6-10(9)13/h3-4,6,11,15H,2,5H2,1H3. The van der Waals surface area contributed by atoms with Gasteiger partial charge < -0.3 is 0 Å². The minimum atomic E-state index is -0.717. The SMILES string of the molecule is CCCNC(C#N)c1ccc(F)cc1F. The van der Waals surface area contributed by atoms with Gasteiger partial charge in [-0.3, -0.25) is 5.32 Å². The van der Waals surface area contributed by atoms with Crippen LogP contribution in [0.5, 0.6) is 0 Å². The Kier molecular flexibility index (Phi) is 4.19. The Balaban J connectivity index is 2.88. The fourth-order valence-corrected chi connectivity index (χ4v) is 1.25.